The Balaban J connectivity index is 1.62. The smallest absolute Gasteiger partial charge is 0.224 e. The molecular formula is C20H17ClN4O3. The van der Waals surface area contributed by atoms with Crippen LogP contribution in [-0.4, -0.2) is 29.3 Å². The summed E-state index contributed by atoms with van der Waals surface area (Å²) in [4.78, 5) is 8.56. The van der Waals surface area contributed by atoms with Crippen LogP contribution in [0, 0.1) is 0 Å². The molecule has 0 saturated carbocycles. The molecule has 4 aromatic rings. The van der Waals surface area contributed by atoms with Crippen molar-refractivity contribution < 1.29 is 14.0 Å². The fourth-order valence-corrected chi connectivity index (χ4v) is 3.05. The summed E-state index contributed by atoms with van der Waals surface area (Å²) >= 11 is 6.09. The molecule has 2 aromatic carbocycles. The van der Waals surface area contributed by atoms with Crippen molar-refractivity contribution in [3.8, 4) is 22.8 Å². The fourth-order valence-electron chi connectivity index (χ4n) is 2.87. The first-order valence-corrected chi connectivity index (χ1v) is 8.90. The number of anilines is 1. The number of benzene rings is 2. The standard InChI is InChI=1S/C20H17ClN4O3/c1-26-17-9-14-16(10-18(17)27-2)23-20(21)24-19(14)22-11-13-8-15(25-28-13)12-6-4-3-5-7-12/h3-10H,11H2,1-2H3,(H,22,23,24). The molecule has 2 aromatic heterocycles. The van der Waals surface area contributed by atoms with Crippen LogP contribution in [0.2, 0.25) is 5.28 Å². The average Bonchev–Trinajstić information content (AvgIpc) is 3.20. The predicted molar refractivity (Wildman–Crippen MR) is 107 cm³/mol. The molecule has 142 valence electrons. The molecule has 0 aliphatic carbocycles. The first-order chi connectivity index (χ1) is 13.7. The van der Waals surface area contributed by atoms with Gasteiger partial charge >= 0.3 is 0 Å². The minimum Gasteiger partial charge on any atom is -0.493 e. The third-order valence-electron chi connectivity index (χ3n) is 4.23. The van der Waals surface area contributed by atoms with Crippen LogP contribution >= 0.6 is 11.6 Å². The van der Waals surface area contributed by atoms with Crippen molar-refractivity contribution in [2.24, 2.45) is 0 Å². The van der Waals surface area contributed by atoms with Crippen LogP contribution < -0.4 is 14.8 Å². The fraction of sp³-hybridized carbons (Fsp3) is 0.150. The van der Waals surface area contributed by atoms with Crippen LogP contribution in [0.4, 0.5) is 5.82 Å². The van der Waals surface area contributed by atoms with Crippen molar-refractivity contribution in [3.63, 3.8) is 0 Å². The lowest BCUT2D eigenvalue weighted by atomic mass is 10.1. The summed E-state index contributed by atoms with van der Waals surface area (Å²) in [6, 6.07) is 15.3. The molecule has 28 heavy (non-hydrogen) atoms. The van der Waals surface area contributed by atoms with Gasteiger partial charge in [0.15, 0.2) is 17.3 Å². The van der Waals surface area contributed by atoms with Gasteiger partial charge in [-0.2, -0.15) is 0 Å². The second kappa shape index (κ2) is 7.74. The molecule has 8 heteroatoms. The minimum atomic E-state index is 0.129. The zero-order chi connectivity index (χ0) is 19.5. The Hall–Kier alpha value is -3.32. The zero-order valence-electron chi connectivity index (χ0n) is 15.3. The Labute approximate surface area is 166 Å². The van der Waals surface area contributed by atoms with Gasteiger partial charge in [-0.05, 0) is 17.7 Å². The maximum Gasteiger partial charge on any atom is 0.224 e. The van der Waals surface area contributed by atoms with Crippen molar-refractivity contribution in [1.82, 2.24) is 15.1 Å². The number of nitrogens with zero attached hydrogens (tertiary/aromatic N) is 3. The molecule has 0 aliphatic rings. The highest BCUT2D eigenvalue weighted by molar-refractivity contribution is 6.28. The van der Waals surface area contributed by atoms with Gasteiger partial charge in [0.05, 0.1) is 26.3 Å². The predicted octanol–water partition coefficient (Wildman–Crippen LogP) is 4.57. The second-order valence-corrected chi connectivity index (χ2v) is 6.30. The molecule has 0 aliphatic heterocycles. The number of nitrogens with one attached hydrogen (secondary N) is 1. The number of hydrogen-bond donors (Lipinski definition) is 1. The highest BCUT2D eigenvalue weighted by Gasteiger charge is 2.14. The molecule has 7 nitrogen and oxygen atoms in total. The molecule has 0 fully saturated rings. The van der Waals surface area contributed by atoms with E-state index < -0.39 is 0 Å². The number of halogens is 1. The summed E-state index contributed by atoms with van der Waals surface area (Å²) < 4.78 is 16.1. The van der Waals surface area contributed by atoms with Crippen LogP contribution in [0.15, 0.2) is 53.1 Å². The third-order valence-corrected chi connectivity index (χ3v) is 4.40. The molecule has 0 bridgehead atoms. The second-order valence-electron chi connectivity index (χ2n) is 5.96. The first kappa shape index (κ1) is 18.1. The van der Waals surface area contributed by atoms with Gasteiger partial charge in [-0.1, -0.05) is 35.5 Å². The number of methoxy groups -OCH3 is 2. The van der Waals surface area contributed by atoms with Crippen molar-refractivity contribution in [1.29, 1.82) is 0 Å². The van der Waals surface area contributed by atoms with Gasteiger partial charge in [-0.25, -0.2) is 9.97 Å². The largest absolute Gasteiger partial charge is 0.493 e. The lowest BCUT2D eigenvalue weighted by Gasteiger charge is -2.12. The Morgan fingerprint density at radius 1 is 1.00 bits per heavy atom. The van der Waals surface area contributed by atoms with E-state index in [0.29, 0.717) is 35.1 Å². The molecular weight excluding hydrogens is 380 g/mol. The summed E-state index contributed by atoms with van der Waals surface area (Å²) in [5.41, 5.74) is 2.40. The van der Waals surface area contributed by atoms with E-state index in [0.717, 1.165) is 16.6 Å². The van der Waals surface area contributed by atoms with E-state index in [4.69, 9.17) is 25.6 Å². The summed E-state index contributed by atoms with van der Waals surface area (Å²) in [5, 5.41) is 8.23. The van der Waals surface area contributed by atoms with Crippen LogP contribution in [0.5, 0.6) is 11.5 Å². The highest BCUT2D eigenvalue weighted by Crippen LogP contribution is 2.34. The van der Waals surface area contributed by atoms with E-state index in [1.165, 1.54) is 0 Å². The van der Waals surface area contributed by atoms with Crippen LogP contribution in [0.3, 0.4) is 0 Å². The van der Waals surface area contributed by atoms with Gasteiger partial charge in [0.1, 0.15) is 11.5 Å². The number of fused-ring (bicyclic) bond motifs is 1. The van der Waals surface area contributed by atoms with Gasteiger partial charge in [0, 0.05) is 23.1 Å². The average molecular weight is 397 g/mol. The van der Waals surface area contributed by atoms with Crippen LogP contribution in [-0.2, 0) is 6.54 Å². The molecule has 0 atom stereocenters. The SMILES string of the molecule is COc1cc2nc(Cl)nc(NCc3cc(-c4ccccc4)no3)c2cc1OC. The lowest BCUT2D eigenvalue weighted by molar-refractivity contribution is 0.356. The molecule has 0 unspecified atom stereocenters. The third kappa shape index (κ3) is 3.57. The summed E-state index contributed by atoms with van der Waals surface area (Å²) in [6.45, 7) is 0.386. The summed E-state index contributed by atoms with van der Waals surface area (Å²) in [6.07, 6.45) is 0. The number of ether oxygens (including phenoxy) is 2. The maximum atomic E-state index is 6.09. The van der Waals surface area contributed by atoms with E-state index in [-0.39, 0.29) is 5.28 Å². The Morgan fingerprint density at radius 3 is 2.50 bits per heavy atom. The van der Waals surface area contributed by atoms with Gasteiger partial charge in [-0.3, -0.25) is 0 Å². The quantitative estimate of drug-likeness (QED) is 0.478. The molecule has 2 heterocycles. The van der Waals surface area contributed by atoms with Gasteiger partial charge < -0.3 is 19.3 Å². The molecule has 4 rings (SSSR count). The van der Waals surface area contributed by atoms with Gasteiger partial charge in [-0.15, -0.1) is 0 Å². The van der Waals surface area contributed by atoms with E-state index in [1.807, 2.05) is 42.5 Å². The lowest BCUT2D eigenvalue weighted by Crippen LogP contribution is -2.03. The Morgan fingerprint density at radius 2 is 1.75 bits per heavy atom. The maximum absolute atomic E-state index is 6.09. The van der Waals surface area contributed by atoms with E-state index in [1.54, 1.807) is 20.3 Å². The van der Waals surface area contributed by atoms with Crippen molar-refractivity contribution in [2.75, 3.05) is 19.5 Å². The molecule has 0 spiro atoms. The van der Waals surface area contributed by atoms with Gasteiger partial charge in [0.2, 0.25) is 5.28 Å². The molecule has 0 saturated heterocycles. The minimum absolute atomic E-state index is 0.129. The zero-order valence-corrected chi connectivity index (χ0v) is 16.0. The topological polar surface area (TPSA) is 82.3 Å². The van der Waals surface area contributed by atoms with Gasteiger partial charge in [0.25, 0.3) is 0 Å². The normalized spacial score (nSPS) is 10.8. The van der Waals surface area contributed by atoms with E-state index in [9.17, 15) is 0 Å². The Kier molecular flexibility index (Phi) is 4.99. The number of aromatic nitrogens is 3. The molecule has 0 amide bonds. The van der Waals surface area contributed by atoms with Crippen LogP contribution in [0.25, 0.3) is 22.2 Å². The monoisotopic (exact) mass is 396 g/mol. The van der Waals surface area contributed by atoms with E-state index in [2.05, 4.69) is 20.4 Å². The number of hydrogen-bond acceptors (Lipinski definition) is 7. The first-order valence-electron chi connectivity index (χ1n) is 8.52. The van der Waals surface area contributed by atoms with Crippen molar-refractivity contribution >= 4 is 28.3 Å². The van der Waals surface area contributed by atoms with Crippen molar-refractivity contribution in [3.05, 3.63) is 59.6 Å². The molecule has 0 radical (unpaired) electrons. The Bertz CT molecular complexity index is 1120. The summed E-state index contributed by atoms with van der Waals surface area (Å²) in [5.74, 6) is 2.38. The van der Waals surface area contributed by atoms with Crippen LogP contribution in [0.1, 0.15) is 5.76 Å². The highest BCUT2D eigenvalue weighted by atomic mass is 35.5. The van der Waals surface area contributed by atoms with Crippen molar-refractivity contribution in [2.45, 2.75) is 6.54 Å². The van der Waals surface area contributed by atoms with E-state index >= 15 is 0 Å². The number of rotatable bonds is 6. The summed E-state index contributed by atoms with van der Waals surface area (Å²) in [7, 11) is 3.15. The molecule has 1 N–H and O–H groups in total.